The van der Waals surface area contributed by atoms with Gasteiger partial charge >= 0.3 is 0 Å². The summed E-state index contributed by atoms with van der Waals surface area (Å²) in [7, 11) is 1.66. The normalized spacial score (nSPS) is 15.9. The Morgan fingerprint density at radius 3 is 2.41 bits per heavy atom. The first-order valence-electron chi connectivity index (χ1n) is 11.1. The number of rotatable bonds is 9. The molecule has 2 aromatic rings. The SMILES string of the molecule is COc1cccc([C@@H](CNC(=O)[C@H](NC(=O)c2ccc(Cl)cc2)C(C)C)N2CCCC2)c1. The maximum absolute atomic E-state index is 13.1. The summed E-state index contributed by atoms with van der Waals surface area (Å²) in [6.45, 7) is 6.31. The van der Waals surface area contributed by atoms with Gasteiger partial charge in [-0.25, -0.2) is 0 Å². The van der Waals surface area contributed by atoms with Crippen molar-refractivity contribution >= 4 is 23.4 Å². The second-order valence-electron chi connectivity index (χ2n) is 8.48. The van der Waals surface area contributed by atoms with E-state index in [1.54, 1.807) is 31.4 Å². The zero-order chi connectivity index (χ0) is 23.1. The Morgan fingerprint density at radius 1 is 1.09 bits per heavy atom. The number of methoxy groups -OCH3 is 1. The molecule has 172 valence electrons. The third kappa shape index (κ3) is 6.24. The highest BCUT2D eigenvalue weighted by atomic mass is 35.5. The Hall–Kier alpha value is -2.57. The monoisotopic (exact) mass is 457 g/mol. The molecule has 1 aliphatic rings. The molecule has 0 spiro atoms. The summed E-state index contributed by atoms with van der Waals surface area (Å²) in [5.41, 5.74) is 1.58. The molecule has 3 rings (SSSR count). The van der Waals surface area contributed by atoms with Gasteiger partial charge in [-0.3, -0.25) is 14.5 Å². The van der Waals surface area contributed by atoms with Crippen LogP contribution in [0.15, 0.2) is 48.5 Å². The molecule has 2 aromatic carbocycles. The van der Waals surface area contributed by atoms with Crippen LogP contribution in [-0.2, 0) is 4.79 Å². The first-order valence-corrected chi connectivity index (χ1v) is 11.5. The van der Waals surface area contributed by atoms with Gasteiger partial charge in [0.2, 0.25) is 5.91 Å². The van der Waals surface area contributed by atoms with Crippen molar-refractivity contribution in [2.45, 2.75) is 38.8 Å². The lowest BCUT2D eigenvalue weighted by molar-refractivity contribution is -0.124. The number of nitrogens with one attached hydrogen (secondary N) is 2. The molecule has 0 saturated carbocycles. The van der Waals surface area contributed by atoms with Crippen molar-refractivity contribution in [3.8, 4) is 5.75 Å². The topological polar surface area (TPSA) is 70.7 Å². The predicted molar refractivity (Wildman–Crippen MR) is 127 cm³/mol. The standard InChI is InChI=1S/C25H32ClN3O3/c1-17(2)23(28-24(30)18-9-11-20(26)12-10-18)25(31)27-16-22(29-13-4-5-14-29)19-7-6-8-21(15-19)32-3/h6-12,15,17,22-23H,4-5,13-14,16H2,1-3H3,(H,27,31)(H,28,30)/t22-,23-/m1/s1. The van der Waals surface area contributed by atoms with Crippen LogP contribution in [0.2, 0.25) is 5.02 Å². The van der Waals surface area contributed by atoms with E-state index in [9.17, 15) is 9.59 Å². The van der Waals surface area contributed by atoms with Crippen molar-refractivity contribution < 1.29 is 14.3 Å². The van der Waals surface area contributed by atoms with Crippen molar-refractivity contribution in [2.75, 3.05) is 26.7 Å². The number of ether oxygens (including phenoxy) is 1. The van der Waals surface area contributed by atoms with Gasteiger partial charge < -0.3 is 15.4 Å². The van der Waals surface area contributed by atoms with E-state index in [-0.39, 0.29) is 23.8 Å². The summed E-state index contributed by atoms with van der Waals surface area (Å²) >= 11 is 5.91. The molecule has 7 heteroatoms. The summed E-state index contributed by atoms with van der Waals surface area (Å²) in [4.78, 5) is 28.1. The largest absolute Gasteiger partial charge is 0.497 e. The zero-order valence-corrected chi connectivity index (χ0v) is 19.7. The van der Waals surface area contributed by atoms with Crippen LogP contribution in [-0.4, -0.2) is 49.5 Å². The number of amides is 2. The molecule has 0 aliphatic carbocycles. The molecule has 32 heavy (non-hydrogen) atoms. The smallest absolute Gasteiger partial charge is 0.251 e. The van der Waals surface area contributed by atoms with E-state index < -0.39 is 6.04 Å². The van der Waals surface area contributed by atoms with Gasteiger partial charge in [-0.1, -0.05) is 37.6 Å². The van der Waals surface area contributed by atoms with E-state index >= 15 is 0 Å². The molecule has 0 bridgehead atoms. The second kappa shape index (κ2) is 11.3. The Kier molecular flexibility index (Phi) is 8.53. The number of likely N-dealkylation sites (tertiary alicyclic amines) is 1. The third-order valence-corrected chi connectivity index (χ3v) is 6.12. The molecule has 2 atom stereocenters. The Balaban J connectivity index is 1.69. The Bertz CT molecular complexity index is 911. The fourth-order valence-electron chi connectivity index (χ4n) is 4.03. The summed E-state index contributed by atoms with van der Waals surface area (Å²) in [6.07, 6.45) is 2.31. The molecule has 1 saturated heterocycles. The van der Waals surface area contributed by atoms with E-state index in [0.717, 1.165) is 37.2 Å². The molecular weight excluding hydrogens is 426 g/mol. The number of nitrogens with zero attached hydrogens (tertiary/aromatic N) is 1. The molecule has 2 N–H and O–H groups in total. The summed E-state index contributed by atoms with van der Waals surface area (Å²) in [6, 6.07) is 14.0. The van der Waals surface area contributed by atoms with Crippen LogP contribution in [0.25, 0.3) is 0 Å². The van der Waals surface area contributed by atoms with Crippen molar-refractivity contribution in [1.82, 2.24) is 15.5 Å². The van der Waals surface area contributed by atoms with Gasteiger partial charge in [0, 0.05) is 17.1 Å². The van der Waals surface area contributed by atoms with Crippen LogP contribution in [0, 0.1) is 5.92 Å². The van der Waals surface area contributed by atoms with Gasteiger partial charge in [-0.15, -0.1) is 0 Å². The first kappa shape index (κ1) is 24.1. The number of halogens is 1. The van der Waals surface area contributed by atoms with Gasteiger partial charge in [-0.05, 0) is 73.8 Å². The quantitative estimate of drug-likeness (QED) is 0.595. The van der Waals surface area contributed by atoms with Crippen LogP contribution in [0.1, 0.15) is 48.7 Å². The highest BCUT2D eigenvalue weighted by Crippen LogP contribution is 2.27. The second-order valence-corrected chi connectivity index (χ2v) is 8.92. The highest BCUT2D eigenvalue weighted by molar-refractivity contribution is 6.30. The molecular formula is C25H32ClN3O3. The zero-order valence-electron chi connectivity index (χ0n) is 18.9. The van der Waals surface area contributed by atoms with Gasteiger partial charge in [0.15, 0.2) is 0 Å². The van der Waals surface area contributed by atoms with E-state index in [1.165, 1.54) is 0 Å². The lowest BCUT2D eigenvalue weighted by Crippen LogP contribution is -2.51. The number of carbonyl (C=O) groups is 2. The first-order chi connectivity index (χ1) is 15.4. The number of benzene rings is 2. The molecule has 2 amide bonds. The molecule has 1 heterocycles. The predicted octanol–water partition coefficient (Wildman–Crippen LogP) is 4.06. The van der Waals surface area contributed by atoms with Crippen molar-refractivity contribution in [3.05, 3.63) is 64.7 Å². The molecule has 0 radical (unpaired) electrons. The average Bonchev–Trinajstić information content (AvgIpc) is 3.32. The van der Waals surface area contributed by atoms with Crippen molar-refractivity contribution in [3.63, 3.8) is 0 Å². The van der Waals surface area contributed by atoms with Gasteiger partial charge in [-0.2, -0.15) is 0 Å². The Labute approximate surface area is 195 Å². The van der Waals surface area contributed by atoms with E-state index in [4.69, 9.17) is 16.3 Å². The molecule has 1 aliphatic heterocycles. The van der Waals surface area contributed by atoms with Crippen LogP contribution in [0.3, 0.4) is 0 Å². The lowest BCUT2D eigenvalue weighted by atomic mass is 10.0. The van der Waals surface area contributed by atoms with Crippen LogP contribution < -0.4 is 15.4 Å². The minimum absolute atomic E-state index is 0.0522. The van der Waals surface area contributed by atoms with Crippen LogP contribution in [0.5, 0.6) is 5.75 Å². The fourth-order valence-corrected chi connectivity index (χ4v) is 4.15. The third-order valence-electron chi connectivity index (χ3n) is 5.87. The maximum atomic E-state index is 13.1. The Morgan fingerprint density at radius 2 is 1.78 bits per heavy atom. The molecule has 1 fully saturated rings. The van der Waals surface area contributed by atoms with Gasteiger partial charge in [0.25, 0.3) is 5.91 Å². The van der Waals surface area contributed by atoms with E-state index in [1.807, 2.05) is 32.0 Å². The van der Waals surface area contributed by atoms with E-state index in [2.05, 4.69) is 21.6 Å². The average molecular weight is 458 g/mol. The number of hydrogen-bond acceptors (Lipinski definition) is 4. The molecule has 6 nitrogen and oxygen atoms in total. The van der Waals surface area contributed by atoms with Gasteiger partial charge in [0.1, 0.15) is 11.8 Å². The van der Waals surface area contributed by atoms with Crippen molar-refractivity contribution in [2.24, 2.45) is 5.92 Å². The number of hydrogen-bond donors (Lipinski definition) is 2. The van der Waals surface area contributed by atoms with Crippen LogP contribution >= 0.6 is 11.6 Å². The van der Waals surface area contributed by atoms with Gasteiger partial charge in [0.05, 0.1) is 13.2 Å². The minimum Gasteiger partial charge on any atom is -0.497 e. The summed E-state index contributed by atoms with van der Waals surface area (Å²) in [5.74, 6) is 0.260. The highest BCUT2D eigenvalue weighted by Gasteiger charge is 2.28. The van der Waals surface area contributed by atoms with Crippen molar-refractivity contribution in [1.29, 1.82) is 0 Å². The summed E-state index contributed by atoms with van der Waals surface area (Å²) in [5, 5.41) is 6.52. The lowest BCUT2D eigenvalue weighted by Gasteiger charge is -2.30. The minimum atomic E-state index is -0.636. The molecule has 0 unspecified atom stereocenters. The van der Waals surface area contributed by atoms with E-state index in [0.29, 0.717) is 17.1 Å². The fraction of sp³-hybridized carbons (Fsp3) is 0.440. The maximum Gasteiger partial charge on any atom is 0.251 e. The number of carbonyl (C=O) groups excluding carboxylic acids is 2. The molecule has 0 aromatic heterocycles. The summed E-state index contributed by atoms with van der Waals surface area (Å²) < 4.78 is 5.39. The van der Waals surface area contributed by atoms with Crippen LogP contribution in [0.4, 0.5) is 0 Å².